The van der Waals surface area contributed by atoms with E-state index in [0.29, 0.717) is 21.2 Å². The van der Waals surface area contributed by atoms with Gasteiger partial charge in [0.2, 0.25) is 5.89 Å². The molecule has 0 bridgehead atoms. The van der Waals surface area contributed by atoms with Crippen LogP contribution in [0.3, 0.4) is 0 Å². The highest BCUT2D eigenvalue weighted by molar-refractivity contribution is 8.03. The van der Waals surface area contributed by atoms with E-state index in [9.17, 15) is 9.90 Å². The van der Waals surface area contributed by atoms with Crippen LogP contribution in [0.25, 0.3) is 17.5 Å². The average Bonchev–Trinajstić information content (AvgIpc) is 3.05. The number of carboxylic acids is 1. The van der Waals surface area contributed by atoms with Crippen molar-refractivity contribution in [3.63, 3.8) is 0 Å². The van der Waals surface area contributed by atoms with Gasteiger partial charge in [-0.25, -0.2) is 4.79 Å². The molecule has 0 spiro atoms. The molecule has 1 heterocycles. The van der Waals surface area contributed by atoms with Crippen LogP contribution < -0.4 is 0 Å². The molecule has 1 aromatic heterocycles. The highest BCUT2D eigenvalue weighted by atomic mass is 35.5. The molecule has 1 N–H and O–H groups in total. The van der Waals surface area contributed by atoms with Crippen LogP contribution in [0.15, 0.2) is 63.1 Å². The molecule has 0 unspecified atom stereocenters. The number of hydrogen-bond acceptors (Lipinski definition) is 5. The largest absolute Gasteiger partial charge is 0.477 e. The second-order valence-corrected chi connectivity index (χ2v) is 6.71. The Morgan fingerprint density at radius 1 is 1.00 bits per heavy atom. The van der Waals surface area contributed by atoms with Crippen molar-refractivity contribution >= 4 is 47.0 Å². The predicted molar refractivity (Wildman–Crippen MR) is 97.7 cm³/mol. The van der Waals surface area contributed by atoms with Crippen molar-refractivity contribution in [2.45, 2.75) is 5.22 Å². The van der Waals surface area contributed by atoms with Crippen LogP contribution in [0, 0.1) is 0 Å². The van der Waals surface area contributed by atoms with E-state index in [4.69, 9.17) is 27.6 Å². The molecule has 25 heavy (non-hydrogen) atoms. The number of aromatic nitrogens is 2. The molecule has 0 radical (unpaired) electrons. The van der Waals surface area contributed by atoms with Gasteiger partial charge in [0.05, 0.1) is 0 Å². The molecule has 8 heteroatoms. The Morgan fingerprint density at radius 3 is 2.20 bits per heavy atom. The lowest BCUT2D eigenvalue weighted by molar-refractivity contribution is -0.131. The molecule has 0 atom stereocenters. The topological polar surface area (TPSA) is 76.2 Å². The minimum atomic E-state index is -1.09. The summed E-state index contributed by atoms with van der Waals surface area (Å²) in [5, 5.41) is 18.5. The Bertz CT molecular complexity index is 922. The van der Waals surface area contributed by atoms with Gasteiger partial charge in [0.25, 0.3) is 5.22 Å². The van der Waals surface area contributed by atoms with E-state index >= 15 is 0 Å². The quantitative estimate of drug-likeness (QED) is 0.471. The summed E-state index contributed by atoms with van der Waals surface area (Å²) in [6.07, 6.45) is 1.51. The summed E-state index contributed by atoms with van der Waals surface area (Å²) in [5.41, 5.74) is 1.40. The van der Waals surface area contributed by atoms with E-state index in [1.807, 2.05) is 0 Å². The van der Waals surface area contributed by atoms with Crippen LogP contribution in [0.2, 0.25) is 10.0 Å². The Kier molecular flexibility index (Phi) is 5.43. The van der Waals surface area contributed by atoms with E-state index in [1.165, 1.54) is 6.08 Å². The van der Waals surface area contributed by atoms with Crippen molar-refractivity contribution < 1.29 is 14.3 Å². The van der Waals surface area contributed by atoms with E-state index in [2.05, 4.69) is 10.2 Å². The van der Waals surface area contributed by atoms with Gasteiger partial charge in [-0.15, -0.1) is 10.2 Å². The van der Waals surface area contributed by atoms with Crippen molar-refractivity contribution in [2.75, 3.05) is 0 Å². The Balaban J connectivity index is 1.82. The Morgan fingerprint density at radius 2 is 1.60 bits per heavy atom. The molecule has 0 saturated heterocycles. The van der Waals surface area contributed by atoms with Crippen molar-refractivity contribution in [1.82, 2.24) is 10.2 Å². The third-order valence-electron chi connectivity index (χ3n) is 3.07. The summed E-state index contributed by atoms with van der Waals surface area (Å²) >= 11 is 12.5. The zero-order valence-electron chi connectivity index (χ0n) is 12.5. The first kappa shape index (κ1) is 17.5. The van der Waals surface area contributed by atoms with Crippen LogP contribution in [0.1, 0.15) is 5.56 Å². The summed E-state index contributed by atoms with van der Waals surface area (Å²) in [6.45, 7) is 0. The summed E-state index contributed by atoms with van der Waals surface area (Å²) in [5.74, 6) is -0.804. The lowest BCUT2D eigenvalue weighted by atomic mass is 10.2. The van der Waals surface area contributed by atoms with E-state index in [1.54, 1.807) is 48.5 Å². The fourth-order valence-corrected chi connectivity index (χ4v) is 2.82. The molecule has 2 aromatic carbocycles. The number of benzene rings is 2. The monoisotopic (exact) mass is 392 g/mol. The van der Waals surface area contributed by atoms with E-state index in [-0.39, 0.29) is 16.0 Å². The van der Waals surface area contributed by atoms with Crippen LogP contribution in [-0.2, 0) is 4.79 Å². The maximum absolute atomic E-state index is 11.5. The first-order valence-corrected chi connectivity index (χ1v) is 8.56. The minimum absolute atomic E-state index is 0.0497. The predicted octanol–water partition coefficient (Wildman–Crippen LogP) is 5.26. The highest BCUT2D eigenvalue weighted by Crippen LogP contribution is 2.30. The number of rotatable bonds is 5. The summed E-state index contributed by atoms with van der Waals surface area (Å²) in [6, 6.07) is 13.7. The van der Waals surface area contributed by atoms with Crippen molar-refractivity contribution in [3.8, 4) is 11.5 Å². The molecule has 0 aliphatic heterocycles. The first-order chi connectivity index (χ1) is 12.0. The third kappa shape index (κ3) is 4.63. The van der Waals surface area contributed by atoms with Gasteiger partial charge in [0.1, 0.15) is 4.91 Å². The van der Waals surface area contributed by atoms with Gasteiger partial charge in [0.15, 0.2) is 0 Å². The second kappa shape index (κ2) is 7.74. The fraction of sp³-hybridized carbons (Fsp3) is 0. The minimum Gasteiger partial charge on any atom is -0.477 e. The molecule has 3 aromatic rings. The van der Waals surface area contributed by atoms with E-state index in [0.717, 1.165) is 11.8 Å². The van der Waals surface area contributed by atoms with Gasteiger partial charge >= 0.3 is 5.97 Å². The first-order valence-electron chi connectivity index (χ1n) is 6.99. The third-order valence-corrected chi connectivity index (χ3v) is 4.43. The van der Waals surface area contributed by atoms with Crippen molar-refractivity contribution in [1.29, 1.82) is 0 Å². The second-order valence-electron chi connectivity index (χ2n) is 4.85. The van der Waals surface area contributed by atoms with Crippen LogP contribution in [-0.4, -0.2) is 21.3 Å². The molecule has 0 saturated carbocycles. The van der Waals surface area contributed by atoms with Crippen LogP contribution in [0.4, 0.5) is 0 Å². The summed E-state index contributed by atoms with van der Waals surface area (Å²) < 4.78 is 5.52. The lowest BCUT2D eigenvalue weighted by Crippen LogP contribution is -1.96. The Labute approximate surface area is 157 Å². The fourth-order valence-electron chi connectivity index (χ4n) is 1.90. The number of nitrogens with zero attached hydrogens (tertiary/aromatic N) is 2. The summed E-state index contributed by atoms with van der Waals surface area (Å²) in [7, 11) is 0. The average molecular weight is 393 g/mol. The van der Waals surface area contributed by atoms with Crippen LogP contribution >= 0.6 is 35.0 Å². The molecular formula is C17H10Cl2N2O3S. The molecule has 3 rings (SSSR count). The standard InChI is InChI=1S/C17H10Cl2N2O3S/c18-12-5-1-10(2-6-12)9-14(16(22)23)25-17-21-20-15(24-17)11-3-7-13(19)8-4-11/h1-9H,(H,22,23)/b14-9-. The number of thioether (sulfide) groups is 1. The maximum atomic E-state index is 11.5. The van der Waals surface area contributed by atoms with Crippen molar-refractivity contribution in [2.24, 2.45) is 0 Å². The maximum Gasteiger partial charge on any atom is 0.342 e. The number of aliphatic carboxylic acids is 1. The molecule has 5 nitrogen and oxygen atoms in total. The van der Waals surface area contributed by atoms with Gasteiger partial charge in [-0.05, 0) is 59.8 Å². The van der Waals surface area contributed by atoms with Crippen LogP contribution in [0.5, 0.6) is 0 Å². The zero-order chi connectivity index (χ0) is 17.8. The normalized spacial score (nSPS) is 11.5. The van der Waals surface area contributed by atoms with Gasteiger partial charge in [-0.2, -0.15) is 0 Å². The number of halogens is 2. The van der Waals surface area contributed by atoms with Gasteiger partial charge in [0, 0.05) is 15.6 Å². The molecular weight excluding hydrogens is 383 g/mol. The zero-order valence-corrected chi connectivity index (χ0v) is 14.8. The lowest BCUT2D eigenvalue weighted by Gasteiger charge is -1.99. The van der Waals surface area contributed by atoms with Gasteiger partial charge < -0.3 is 9.52 Å². The SMILES string of the molecule is O=C(O)/C(=C/c1ccc(Cl)cc1)Sc1nnc(-c2ccc(Cl)cc2)o1. The smallest absolute Gasteiger partial charge is 0.342 e. The number of hydrogen-bond donors (Lipinski definition) is 1. The molecule has 0 amide bonds. The highest BCUT2D eigenvalue weighted by Gasteiger charge is 2.16. The molecule has 126 valence electrons. The molecule has 0 aliphatic carbocycles. The number of carboxylic acid groups (broad SMARTS) is 1. The van der Waals surface area contributed by atoms with Gasteiger partial charge in [-0.1, -0.05) is 35.3 Å². The van der Waals surface area contributed by atoms with E-state index < -0.39 is 5.97 Å². The number of carbonyl (C=O) groups is 1. The van der Waals surface area contributed by atoms with Gasteiger partial charge in [-0.3, -0.25) is 0 Å². The Hall–Kier alpha value is -2.28. The molecule has 0 fully saturated rings. The summed E-state index contributed by atoms with van der Waals surface area (Å²) in [4.78, 5) is 11.5. The van der Waals surface area contributed by atoms with Crippen molar-refractivity contribution in [3.05, 3.63) is 69.0 Å². The molecule has 0 aliphatic rings.